The average Bonchev–Trinajstić information content (AvgIpc) is 2.98. The van der Waals surface area contributed by atoms with Gasteiger partial charge in [0.05, 0.1) is 32.2 Å². The number of amides is 1. The number of carbonyl (C=O) groups is 1. The second kappa shape index (κ2) is 12.0. The second-order valence-corrected chi connectivity index (χ2v) is 12.4. The molecule has 206 valence electrons. The quantitative estimate of drug-likeness (QED) is 0.250. The van der Waals surface area contributed by atoms with Crippen LogP contribution in [0.1, 0.15) is 27.5 Å². The van der Waals surface area contributed by atoms with Crippen molar-refractivity contribution in [2.45, 2.75) is 10.9 Å². The molecule has 5 rings (SSSR count). The number of sulfonamides is 1. The van der Waals surface area contributed by atoms with Crippen LogP contribution in [0.15, 0.2) is 108 Å². The zero-order valence-electron chi connectivity index (χ0n) is 22.0. The van der Waals surface area contributed by atoms with Gasteiger partial charge < -0.3 is 4.90 Å². The number of anilines is 1. The first-order valence-electron chi connectivity index (χ1n) is 12.9. The number of rotatable bonds is 7. The van der Waals surface area contributed by atoms with Crippen molar-refractivity contribution >= 4 is 44.8 Å². The van der Waals surface area contributed by atoms with Crippen LogP contribution >= 0.6 is 23.2 Å². The lowest BCUT2D eigenvalue weighted by molar-refractivity contribution is 0.0597. The predicted octanol–water partition coefficient (Wildman–Crippen LogP) is 6.37. The Morgan fingerprint density at radius 3 is 1.88 bits per heavy atom. The molecule has 0 atom stereocenters. The molecule has 1 aliphatic rings. The van der Waals surface area contributed by atoms with E-state index >= 15 is 0 Å². The second-order valence-electron chi connectivity index (χ2n) is 9.62. The molecule has 0 aromatic heterocycles. The first kappa shape index (κ1) is 28.2. The topological polar surface area (TPSA) is 60.9 Å². The molecular weight excluding hydrogens is 565 g/mol. The molecule has 4 aromatic carbocycles. The van der Waals surface area contributed by atoms with Crippen LogP contribution in [0.25, 0.3) is 0 Å². The Balaban J connectivity index is 1.35. The highest BCUT2D eigenvalue weighted by atomic mass is 35.5. The Labute approximate surface area is 245 Å². The van der Waals surface area contributed by atoms with Gasteiger partial charge in [-0.2, -0.15) is 0 Å². The first-order valence-corrected chi connectivity index (χ1v) is 15.1. The third-order valence-electron chi connectivity index (χ3n) is 7.22. The molecule has 9 heteroatoms. The Bertz CT molecular complexity index is 1550. The number of nitrogens with zero attached hydrogens (tertiary/aromatic N) is 3. The van der Waals surface area contributed by atoms with Gasteiger partial charge >= 0.3 is 0 Å². The number of hydrogen-bond acceptors (Lipinski definition) is 4. The molecule has 40 heavy (non-hydrogen) atoms. The molecule has 1 fully saturated rings. The molecule has 1 heterocycles. The molecule has 0 radical (unpaired) electrons. The molecular formula is C31H29Cl2N3O3S. The van der Waals surface area contributed by atoms with Gasteiger partial charge in [0.2, 0.25) is 0 Å². The van der Waals surface area contributed by atoms with E-state index in [2.05, 4.69) is 29.2 Å². The average molecular weight is 595 g/mol. The Kier molecular flexibility index (Phi) is 8.47. The van der Waals surface area contributed by atoms with Gasteiger partial charge in [-0.15, -0.1) is 0 Å². The maximum absolute atomic E-state index is 13.6. The van der Waals surface area contributed by atoms with Crippen molar-refractivity contribution in [3.05, 3.63) is 130 Å². The lowest BCUT2D eigenvalue weighted by Crippen LogP contribution is -2.50. The summed E-state index contributed by atoms with van der Waals surface area (Å²) in [6, 6.07) is 31.6. The van der Waals surface area contributed by atoms with Crippen LogP contribution < -0.4 is 4.31 Å². The fourth-order valence-electron chi connectivity index (χ4n) is 5.06. The fraction of sp³-hybridized carbons (Fsp3) is 0.194. The standard InChI is InChI=1S/C31H29Cl2N3O3S/c1-34(29-15-9-8-14-28(29)33)40(38,39)25-16-17-27(32)26(22-25)31(37)36-20-18-35(19-21-36)30(23-10-4-2-5-11-23)24-12-6-3-7-13-24/h2-17,22,30H,18-21H2,1H3. The van der Waals surface area contributed by atoms with Crippen molar-refractivity contribution in [2.75, 3.05) is 37.5 Å². The van der Waals surface area contributed by atoms with E-state index in [-0.39, 0.29) is 27.4 Å². The van der Waals surface area contributed by atoms with Crippen LogP contribution in [0.3, 0.4) is 0 Å². The Morgan fingerprint density at radius 2 is 1.30 bits per heavy atom. The third-order valence-corrected chi connectivity index (χ3v) is 9.63. The molecule has 0 aliphatic carbocycles. The van der Waals surface area contributed by atoms with Gasteiger partial charge in [0.15, 0.2) is 0 Å². The summed E-state index contributed by atoms with van der Waals surface area (Å²) in [5.41, 5.74) is 2.88. The summed E-state index contributed by atoms with van der Waals surface area (Å²) in [5.74, 6) is -0.293. The highest BCUT2D eigenvalue weighted by Gasteiger charge is 2.30. The van der Waals surface area contributed by atoms with E-state index in [1.165, 1.54) is 36.4 Å². The highest BCUT2D eigenvalue weighted by molar-refractivity contribution is 7.92. The Hall–Kier alpha value is -3.36. The summed E-state index contributed by atoms with van der Waals surface area (Å²) in [5, 5.41) is 0.513. The van der Waals surface area contributed by atoms with Gasteiger partial charge in [-0.05, 0) is 41.5 Å². The van der Waals surface area contributed by atoms with Crippen LogP contribution in [0, 0.1) is 0 Å². The van der Waals surface area contributed by atoms with Gasteiger partial charge in [-0.1, -0.05) is 96.0 Å². The number of piperazine rings is 1. The van der Waals surface area contributed by atoms with Crippen LogP contribution in [0.5, 0.6) is 0 Å². The van der Waals surface area contributed by atoms with Gasteiger partial charge in [-0.3, -0.25) is 14.0 Å². The fourth-order valence-corrected chi connectivity index (χ4v) is 6.81. The summed E-state index contributed by atoms with van der Waals surface area (Å²) in [6.45, 7) is 2.29. The summed E-state index contributed by atoms with van der Waals surface area (Å²) >= 11 is 12.7. The number of para-hydroxylation sites is 1. The van der Waals surface area contributed by atoms with E-state index < -0.39 is 10.0 Å². The van der Waals surface area contributed by atoms with E-state index in [4.69, 9.17) is 23.2 Å². The molecule has 0 saturated carbocycles. The number of benzene rings is 4. The van der Waals surface area contributed by atoms with Crippen molar-refractivity contribution in [2.24, 2.45) is 0 Å². The van der Waals surface area contributed by atoms with E-state index in [9.17, 15) is 13.2 Å². The molecule has 4 aromatic rings. The number of carbonyl (C=O) groups excluding carboxylic acids is 1. The van der Waals surface area contributed by atoms with Crippen LogP contribution in [-0.4, -0.2) is 57.4 Å². The van der Waals surface area contributed by atoms with Gasteiger partial charge in [-0.25, -0.2) is 8.42 Å². The molecule has 1 saturated heterocycles. The lowest BCUT2D eigenvalue weighted by Gasteiger charge is -2.40. The van der Waals surface area contributed by atoms with E-state index in [0.29, 0.717) is 36.9 Å². The van der Waals surface area contributed by atoms with E-state index in [1.807, 2.05) is 36.4 Å². The smallest absolute Gasteiger partial charge is 0.264 e. The van der Waals surface area contributed by atoms with Crippen LogP contribution in [0.2, 0.25) is 10.0 Å². The van der Waals surface area contributed by atoms with Crippen LogP contribution in [0.4, 0.5) is 5.69 Å². The highest BCUT2D eigenvalue weighted by Crippen LogP contribution is 2.32. The zero-order valence-corrected chi connectivity index (χ0v) is 24.3. The molecule has 0 unspecified atom stereocenters. The van der Waals surface area contributed by atoms with Crippen molar-refractivity contribution in [1.82, 2.24) is 9.80 Å². The maximum Gasteiger partial charge on any atom is 0.264 e. The molecule has 1 amide bonds. The Morgan fingerprint density at radius 1 is 0.750 bits per heavy atom. The summed E-state index contributed by atoms with van der Waals surface area (Å²) < 4.78 is 28.0. The first-order chi connectivity index (χ1) is 19.3. The minimum Gasteiger partial charge on any atom is -0.336 e. The molecule has 1 aliphatic heterocycles. The maximum atomic E-state index is 13.6. The van der Waals surface area contributed by atoms with E-state index in [1.54, 1.807) is 29.2 Å². The van der Waals surface area contributed by atoms with Crippen LogP contribution in [-0.2, 0) is 10.0 Å². The predicted molar refractivity (Wildman–Crippen MR) is 161 cm³/mol. The monoisotopic (exact) mass is 593 g/mol. The van der Waals surface area contributed by atoms with Gasteiger partial charge in [0, 0.05) is 33.2 Å². The molecule has 6 nitrogen and oxygen atoms in total. The van der Waals surface area contributed by atoms with Gasteiger partial charge in [0.1, 0.15) is 0 Å². The zero-order chi connectivity index (χ0) is 28.3. The molecule has 0 bridgehead atoms. The van der Waals surface area contributed by atoms with Crippen molar-refractivity contribution < 1.29 is 13.2 Å². The largest absolute Gasteiger partial charge is 0.336 e. The minimum absolute atomic E-state index is 0.0328. The van der Waals surface area contributed by atoms with E-state index in [0.717, 1.165) is 4.31 Å². The molecule has 0 spiro atoms. The van der Waals surface area contributed by atoms with Gasteiger partial charge in [0.25, 0.3) is 15.9 Å². The summed E-state index contributed by atoms with van der Waals surface area (Å²) in [7, 11) is -2.56. The number of hydrogen-bond donors (Lipinski definition) is 0. The minimum atomic E-state index is -3.99. The third kappa shape index (κ3) is 5.74. The lowest BCUT2D eigenvalue weighted by atomic mass is 9.96. The molecule has 0 N–H and O–H groups in total. The van der Waals surface area contributed by atoms with Crippen molar-refractivity contribution in [3.8, 4) is 0 Å². The van der Waals surface area contributed by atoms with Crippen molar-refractivity contribution in [1.29, 1.82) is 0 Å². The summed E-state index contributed by atoms with van der Waals surface area (Å²) in [6.07, 6.45) is 0. The van der Waals surface area contributed by atoms with Crippen molar-refractivity contribution in [3.63, 3.8) is 0 Å². The SMILES string of the molecule is CN(c1ccccc1Cl)S(=O)(=O)c1ccc(Cl)c(C(=O)N2CCN(C(c3ccccc3)c3ccccc3)CC2)c1. The summed E-state index contributed by atoms with van der Waals surface area (Å²) in [4.78, 5) is 17.7. The normalized spacial score (nSPS) is 14.3. The number of halogens is 2.